The molecule has 0 saturated carbocycles. The molecule has 0 amide bonds. The van der Waals surface area contributed by atoms with Crippen LogP contribution in [0.3, 0.4) is 0 Å². The van der Waals surface area contributed by atoms with Gasteiger partial charge in [-0.3, -0.25) is 4.79 Å². The Morgan fingerprint density at radius 3 is 2.17 bits per heavy atom. The predicted molar refractivity (Wildman–Crippen MR) is 114 cm³/mol. The zero-order valence-corrected chi connectivity index (χ0v) is 18.1. The number of nitrogens with zero attached hydrogens (tertiary/aromatic N) is 4. The summed E-state index contributed by atoms with van der Waals surface area (Å²) in [5.41, 5.74) is 1.03. The zero-order chi connectivity index (χ0) is 22.1. The number of hydrogen-bond donors (Lipinski definition) is 0. The minimum absolute atomic E-state index is 0.188. The maximum atomic E-state index is 12.5. The highest BCUT2D eigenvalue weighted by molar-refractivity contribution is 5.77. The number of aromatic nitrogens is 1. The molecule has 7 heteroatoms. The summed E-state index contributed by atoms with van der Waals surface area (Å²) < 4.78 is 11.1. The van der Waals surface area contributed by atoms with Crippen LogP contribution in [0.25, 0.3) is 0 Å². The summed E-state index contributed by atoms with van der Waals surface area (Å²) in [6.45, 7) is 10.6. The van der Waals surface area contributed by atoms with Crippen LogP contribution in [0.15, 0.2) is 52.8 Å². The Morgan fingerprint density at radius 1 is 1.03 bits per heavy atom. The molecular formula is C23H28N4O3. The number of nitriles is 1. The number of rotatable bonds is 9. The second-order valence-corrected chi connectivity index (χ2v) is 7.78. The summed E-state index contributed by atoms with van der Waals surface area (Å²) in [4.78, 5) is 16.4. The van der Waals surface area contributed by atoms with Crippen molar-refractivity contribution in [3.8, 4) is 11.8 Å². The Hall–Kier alpha value is -3.27. The van der Waals surface area contributed by atoms with Gasteiger partial charge in [0.15, 0.2) is 0 Å². The molecule has 0 bridgehead atoms. The summed E-state index contributed by atoms with van der Waals surface area (Å²) in [6.07, 6.45) is 1.49. The normalized spacial score (nSPS) is 11.7. The van der Waals surface area contributed by atoms with Crippen LogP contribution in [0.2, 0.25) is 0 Å². The Balaban J connectivity index is 1.82. The quantitative estimate of drug-likeness (QED) is 0.305. The molecule has 0 N–H and O–H groups in total. The number of pyridine rings is 1. The van der Waals surface area contributed by atoms with E-state index in [9.17, 15) is 4.79 Å². The third kappa shape index (κ3) is 5.86. The van der Waals surface area contributed by atoms with Gasteiger partial charge in [-0.05, 0) is 55.2 Å². The van der Waals surface area contributed by atoms with E-state index in [1.54, 1.807) is 36.4 Å². The highest BCUT2D eigenvalue weighted by Crippen LogP contribution is 2.36. The highest BCUT2D eigenvalue weighted by atomic mass is 16.6. The molecule has 158 valence electrons. The van der Waals surface area contributed by atoms with Gasteiger partial charge in [-0.2, -0.15) is 10.4 Å². The van der Waals surface area contributed by atoms with Crippen LogP contribution in [0.1, 0.15) is 40.3 Å². The smallest absolute Gasteiger partial charge is 0.312 e. The second-order valence-electron chi connectivity index (χ2n) is 7.78. The van der Waals surface area contributed by atoms with E-state index in [0.29, 0.717) is 22.8 Å². The fourth-order valence-electron chi connectivity index (χ4n) is 2.82. The molecule has 0 radical (unpaired) electrons. The SMILES string of the molecule is CC(C)C(C)(C(=O)OCCOc1ccc(/N=N/c2ccc(C#N)nc2)cc1)C(C)C. The molecule has 2 rings (SSSR count). The number of carbonyl (C=O) groups excluding carboxylic acids is 1. The van der Waals surface area contributed by atoms with Crippen molar-refractivity contribution in [1.82, 2.24) is 4.98 Å². The highest BCUT2D eigenvalue weighted by Gasteiger charge is 2.41. The fourth-order valence-corrected chi connectivity index (χ4v) is 2.82. The van der Waals surface area contributed by atoms with Crippen molar-refractivity contribution in [3.05, 3.63) is 48.3 Å². The molecule has 0 aliphatic carbocycles. The Kier molecular flexibility index (Phi) is 8.05. The van der Waals surface area contributed by atoms with E-state index in [2.05, 4.69) is 15.2 Å². The number of ether oxygens (including phenoxy) is 2. The van der Waals surface area contributed by atoms with E-state index in [1.807, 2.05) is 40.7 Å². The van der Waals surface area contributed by atoms with Crippen LogP contribution in [0.5, 0.6) is 5.75 Å². The van der Waals surface area contributed by atoms with Gasteiger partial charge >= 0.3 is 5.97 Å². The second kappa shape index (κ2) is 10.5. The third-order valence-corrected chi connectivity index (χ3v) is 5.40. The maximum Gasteiger partial charge on any atom is 0.312 e. The molecule has 30 heavy (non-hydrogen) atoms. The van der Waals surface area contributed by atoms with Gasteiger partial charge in [0.25, 0.3) is 0 Å². The number of benzene rings is 1. The van der Waals surface area contributed by atoms with Crippen molar-refractivity contribution < 1.29 is 14.3 Å². The molecule has 2 aromatic rings. The number of esters is 1. The van der Waals surface area contributed by atoms with Crippen molar-refractivity contribution in [1.29, 1.82) is 5.26 Å². The van der Waals surface area contributed by atoms with E-state index < -0.39 is 5.41 Å². The first kappa shape index (κ1) is 23.0. The molecule has 7 nitrogen and oxygen atoms in total. The number of carbonyl (C=O) groups is 1. The van der Waals surface area contributed by atoms with Crippen LogP contribution < -0.4 is 4.74 Å². The molecule has 0 fully saturated rings. The van der Waals surface area contributed by atoms with Crippen LogP contribution in [0.4, 0.5) is 11.4 Å². The van der Waals surface area contributed by atoms with Gasteiger partial charge in [-0.15, -0.1) is 5.11 Å². The van der Waals surface area contributed by atoms with Gasteiger partial charge in [0.1, 0.15) is 36.4 Å². The molecule has 0 spiro atoms. The van der Waals surface area contributed by atoms with E-state index in [-0.39, 0.29) is 31.0 Å². The fraction of sp³-hybridized carbons (Fsp3) is 0.435. The van der Waals surface area contributed by atoms with Crippen LogP contribution in [-0.4, -0.2) is 24.2 Å². The number of azo groups is 1. The first-order valence-corrected chi connectivity index (χ1v) is 9.95. The lowest BCUT2D eigenvalue weighted by atomic mass is 9.70. The van der Waals surface area contributed by atoms with Gasteiger partial charge in [-0.1, -0.05) is 27.7 Å². The lowest BCUT2D eigenvalue weighted by Gasteiger charge is -2.35. The summed E-state index contributed by atoms with van der Waals surface area (Å²) in [5, 5.41) is 17.0. The monoisotopic (exact) mass is 408 g/mol. The van der Waals surface area contributed by atoms with Crippen molar-refractivity contribution >= 4 is 17.3 Å². The number of hydrogen-bond acceptors (Lipinski definition) is 7. The molecule has 0 unspecified atom stereocenters. The lowest BCUT2D eigenvalue weighted by Crippen LogP contribution is -2.40. The van der Waals surface area contributed by atoms with Crippen LogP contribution in [-0.2, 0) is 9.53 Å². The topological polar surface area (TPSA) is 96.9 Å². The molecule has 0 atom stereocenters. The molecule has 0 aliphatic heterocycles. The largest absolute Gasteiger partial charge is 0.490 e. The van der Waals surface area contributed by atoms with E-state index in [4.69, 9.17) is 14.7 Å². The molecule has 1 aromatic heterocycles. The van der Waals surface area contributed by atoms with Gasteiger partial charge in [0.2, 0.25) is 0 Å². The average molecular weight is 409 g/mol. The standard InChI is InChI=1S/C23H28N4O3/c1-16(2)23(5,17(3)4)22(28)30-13-12-29-21-10-8-18(9-11-21)26-27-20-7-6-19(14-24)25-15-20/h6-11,15-17H,12-13H2,1-5H3/b27-26+. The minimum Gasteiger partial charge on any atom is -0.490 e. The van der Waals surface area contributed by atoms with Gasteiger partial charge in [0.05, 0.1) is 17.3 Å². The Labute approximate surface area is 177 Å². The van der Waals surface area contributed by atoms with E-state index in [0.717, 1.165) is 0 Å². The molecule has 1 aromatic carbocycles. The summed E-state index contributed by atoms with van der Waals surface area (Å²) in [5.74, 6) is 0.838. The summed E-state index contributed by atoms with van der Waals surface area (Å²) >= 11 is 0. The third-order valence-electron chi connectivity index (χ3n) is 5.40. The van der Waals surface area contributed by atoms with Crippen molar-refractivity contribution in [2.75, 3.05) is 13.2 Å². The maximum absolute atomic E-state index is 12.5. The zero-order valence-electron chi connectivity index (χ0n) is 18.1. The average Bonchev–Trinajstić information content (AvgIpc) is 2.75. The summed E-state index contributed by atoms with van der Waals surface area (Å²) in [7, 11) is 0. The van der Waals surface area contributed by atoms with Crippen LogP contribution >= 0.6 is 0 Å². The Bertz CT molecular complexity index is 890. The van der Waals surface area contributed by atoms with Crippen molar-refractivity contribution in [2.24, 2.45) is 27.5 Å². The minimum atomic E-state index is -0.517. The van der Waals surface area contributed by atoms with E-state index in [1.165, 1.54) is 6.20 Å². The van der Waals surface area contributed by atoms with Gasteiger partial charge in [0, 0.05) is 0 Å². The van der Waals surface area contributed by atoms with Crippen molar-refractivity contribution in [2.45, 2.75) is 34.6 Å². The summed E-state index contributed by atoms with van der Waals surface area (Å²) in [6, 6.07) is 12.3. The first-order valence-electron chi connectivity index (χ1n) is 9.95. The molecule has 0 aliphatic rings. The predicted octanol–water partition coefficient (Wildman–Crippen LogP) is 5.61. The molecule has 1 heterocycles. The molecule has 0 saturated heterocycles. The van der Waals surface area contributed by atoms with Crippen molar-refractivity contribution in [3.63, 3.8) is 0 Å². The van der Waals surface area contributed by atoms with Crippen LogP contribution in [0, 0.1) is 28.6 Å². The van der Waals surface area contributed by atoms with E-state index >= 15 is 0 Å². The lowest BCUT2D eigenvalue weighted by molar-refractivity contribution is -0.161. The van der Waals surface area contributed by atoms with Gasteiger partial charge in [-0.25, -0.2) is 4.98 Å². The Morgan fingerprint density at radius 2 is 1.63 bits per heavy atom. The molecular weight excluding hydrogens is 380 g/mol. The first-order chi connectivity index (χ1) is 14.3. The van der Waals surface area contributed by atoms with Gasteiger partial charge < -0.3 is 9.47 Å².